The maximum absolute atomic E-state index is 12.4. The first-order valence-electron chi connectivity index (χ1n) is 17.0. The van der Waals surface area contributed by atoms with E-state index in [0.717, 1.165) is 5.71 Å². The van der Waals surface area contributed by atoms with Gasteiger partial charge >= 0.3 is 5.97 Å². The van der Waals surface area contributed by atoms with Gasteiger partial charge in [-0.3, -0.25) is 10.4 Å². The van der Waals surface area contributed by atoms with Gasteiger partial charge in [0.25, 0.3) is 0 Å². The van der Waals surface area contributed by atoms with Crippen LogP contribution in [0.25, 0.3) is 5.76 Å². The average molecular weight is 757 g/mol. The number of amidine groups is 1. The number of carbonyl (C=O) groups is 1. The molecule has 0 saturated carbocycles. The molecule has 6 atom stereocenters. The summed E-state index contributed by atoms with van der Waals surface area (Å²) in [5.41, 5.74) is -0.663. The summed E-state index contributed by atoms with van der Waals surface area (Å²) in [6.07, 6.45) is -3.15. The number of hydrogen-bond acceptors (Lipinski definition) is 15. The van der Waals surface area contributed by atoms with Crippen LogP contribution >= 0.6 is 0 Å². The lowest BCUT2D eigenvalue weighted by molar-refractivity contribution is -0.303. The van der Waals surface area contributed by atoms with Gasteiger partial charge in [0.05, 0.1) is 13.2 Å². The van der Waals surface area contributed by atoms with Crippen molar-refractivity contribution in [2.24, 2.45) is 15.0 Å². The number of rotatable bonds is 13. The van der Waals surface area contributed by atoms with Crippen molar-refractivity contribution in [1.82, 2.24) is 0 Å². The van der Waals surface area contributed by atoms with Gasteiger partial charge in [0.1, 0.15) is 71.3 Å². The van der Waals surface area contributed by atoms with Crippen molar-refractivity contribution in [3.63, 3.8) is 0 Å². The fourth-order valence-electron chi connectivity index (χ4n) is 6.47. The van der Waals surface area contributed by atoms with E-state index in [9.17, 15) is 40.5 Å². The minimum absolute atomic E-state index is 0.0496. The molecule has 0 amide bonds. The Morgan fingerprint density at radius 2 is 1.84 bits per heavy atom. The number of phenolic OH excluding ortho intramolecular Hbond substituents is 2. The predicted molar refractivity (Wildman–Crippen MR) is 195 cm³/mol. The molecule has 0 spiro atoms. The second-order valence-electron chi connectivity index (χ2n) is 13.1. The van der Waals surface area contributed by atoms with Crippen molar-refractivity contribution < 1.29 is 64.2 Å². The van der Waals surface area contributed by atoms with Gasteiger partial charge in [-0.2, -0.15) is 0 Å². The Balaban J connectivity index is 1.16. The van der Waals surface area contributed by atoms with Crippen LogP contribution in [0.3, 0.4) is 0 Å². The monoisotopic (exact) mass is 756 g/mol. The molecule has 1 saturated heterocycles. The van der Waals surface area contributed by atoms with Crippen molar-refractivity contribution in [2.75, 3.05) is 13.2 Å². The topological polar surface area (TPSA) is 266 Å². The maximum Gasteiger partial charge on any atom is 0.336 e. The van der Waals surface area contributed by atoms with Crippen LogP contribution in [0.2, 0.25) is 0 Å². The minimum Gasteiger partial charge on any atom is -0.508 e. The molecule has 286 valence electrons. The summed E-state index contributed by atoms with van der Waals surface area (Å²) in [5.74, 6) is -2.87. The lowest BCUT2D eigenvalue weighted by Crippen LogP contribution is -2.69. The Morgan fingerprint density at radius 3 is 2.53 bits per heavy atom. The van der Waals surface area contributed by atoms with E-state index < -0.39 is 60.2 Å². The molecule has 3 aromatic rings. The minimum atomic E-state index is -2.54. The molecule has 4 aliphatic rings. The van der Waals surface area contributed by atoms with E-state index in [1.807, 2.05) is 0 Å². The number of aliphatic imine (C=N–C) groups is 3. The molecule has 7 rings (SSSR count). The Labute approximate surface area is 312 Å². The molecule has 0 radical (unpaired) electrons. The molecule has 1 fully saturated rings. The molecular weight excluding hydrogens is 720 g/mol. The van der Waals surface area contributed by atoms with Crippen LogP contribution in [0.15, 0.2) is 87.8 Å². The second-order valence-corrected chi connectivity index (χ2v) is 13.1. The summed E-state index contributed by atoms with van der Waals surface area (Å²) in [7, 11) is 0. The first-order chi connectivity index (χ1) is 26.4. The van der Waals surface area contributed by atoms with Crippen molar-refractivity contribution in [1.29, 1.82) is 5.41 Å². The van der Waals surface area contributed by atoms with Gasteiger partial charge in [-0.05, 0) is 47.5 Å². The van der Waals surface area contributed by atoms with Gasteiger partial charge in [-0.15, -0.1) is 0 Å². The van der Waals surface area contributed by atoms with Crippen LogP contribution in [-0.2, 0) is 16.1 Å². The van der Waals surface area contributed by atoms with E-state index in [1.165, 1.54) is 30.6 Å². The van der Waals surface area contributed by atoms with Gasteiger partial charge in [-0.25, -0.2) is 14.8 Å². The van der Waals surface area contributed by atoms with Crippen LogP contribution < -0.4 is 18.9 Å². The average Bonchev–Trinajstić information content (AvgIpc) is 3.82. The number of allylic oxidation sites excluding steroid dienone is 1. The van der Waals surface area contributed by atoms with Crippen LogP contribution in [0.1, 0.15) is 35.6 Å². The fourth-order valence-corrected chi connectivity index (χ4v) is 6.47. The van der Waals surface area contributed by atoms with Crippen molar-refractivity contribution >= 4 is 35.3 Å². The number of carboxylic acid groups (broad SMARTS) is 1. The standard InChI is InChI=1S/C38H36N4O13/c39-29-9-6-21(42-29)10-11-51-24-7-4-20(5-8-24)26-13-25(44)30-27(53-26)14-28(33(31(30)45)52-17-19-2-1-3-23(43)12-19)54-37-32(46)34(47)38(50,35(55-37)36(48)49)15-22-16-40-18-41-22/h1-9,12-14,18,26,32,34-35,37,39,43-47,50H,10-11,15-17H2,(H,48,49). The zero-order valence-corrected chi connectivity index (χ0v) is 28.8. The summed E-state index contributed by atoms with van der Waals surface area (Å²) >= 11 is 0. The SMILES string of the molecule is N=C1C=CC(CCOc2ccc(C3C=C(O)c4c(cc(OC5OC(C(=O)O)C(O)(CC6=NC=NC6)C(O)C5O)c(OCc5cccc(O)c5)c4O)O3)cc2)=N1. The normalized spacial score (nSPS) is 25.4. The van der Waals surface area contributed by atoms with Gasteiger partial charge in [0.2, 0.25) is 12.0 Å². The van der Waals surface area contributed by atoms with Crippen molar-refractivity contribution in [3.05, 3.63) is 89.5 Å². The number of fused-ring (bicyclic) bond motifs is 1. The maximum atomic E-state index is 12.4. The number of carboxylic acids is 1. The molecule has 17 nitrogen and oxygen atoms in total. The van der Waals surface area contributed by atoms with E-state index in [0.29, 0.717) is 29.9 Å². The number of aliphatic carboxylic acids is 1. The number of nitrogens with zero attached hydrogens (tertiary/aromatic N) is 3. The molecule has 4 heterocycles. The number of ether oxygens (including phenoxy) is 5. The Hall–Kier alpha value is -6.27. The van der Waals surface area contributed by atoms with Gasteiger partial charge in [-0.1, -0.05) is 24.3 Å². The molecule has 3 aromatic carbocycles. The summed E-state index contributed by atoms with van der Waals surface area (Å²) in [5, 5.41) is 83.9. The summed E-state index contributed by atoms with van der Waals surface area (Å²) in [6.45, 7) is 0.134. The lowest BCUT2D eigenvalue weighted by atomic mass is 9.80. The van der Waals surface area contributed by atoms with Crippen LogP contribution in [-0.4, -0.2) is 109 Å². The first-order valence-corrected chi connectivity index (χ1v) is 17.0. The third-order valence-electron chi connectivity index (χ3n) is 9.22. The Morgan fingerprint density at radius 1 is 1.04 bits per heavy atom. The first kappa shape index (κ1) is 37.1. The van der Waals surface area contributed by atoms with E-state index in [4.69, 9.17) is 29.1 Å². The largest absolute Gasteiger partial charge is 0.508 e. The smallest absolute Gasteiger partial charge is 0.336 e. The van der Waals surface area contributed by atoms with Crippen LogP contribution in [0, 0.1) is 5.41 Å². The van der Waals surface area contributed by atoms with Gasteiger partial charge < -0.3 is 59.4 Å². The summed E-state index contributed by atoms with van der Waals surface area (Å²) < 4.78 is 29.4. The Kier molecular flexibility index (Phi) is 10.3. The molecule has 4 aliphatic heterocycles. The number of aliphatic hydroxyl groups excluding tert-OH is 3. The zero-order chi connectivity index (χ0) is 38.9. The number of nitrogens with one attached hydrogen (secondary N) is 1. The predicted octanol–water partition coefficient (Wildman–Crippen LogP) is 2.98. The van der Waals surface area contributed by atoms with E-state index in [-0.39, 0.29) is 53.3 Å². The third kappa shape index (κ3) is 7.72. The highest BCUT2D eigenvalue weighted by atomic mass is 16.7. The van der Waals surface area contributed by atoms with Crippen molar-refractivity contribution in [2.45, 2.75) is 55.8 Å². The highest BCUT2D eigenvalue weighted by Crippen LogP contribution is 2.51. The Bertz CT molecular complexity index is 2150. The second kappa shape index (κ2) is 15.2. The quantitative estimate of drug-likeness (QED) is 0.125. The number of benzene rings is 3. The third-order valence-corrected chi connectivity index (χ3v) is 9.22. The highest BCUT2D eigenvalue weighted by molar-refractivity contribution is 6.14. The molecule has 6 unspecified atom stereocenters. The van der Waals surface area contributed by atoms with E-state index >= 15 is 0 Å². The summed E-state index contributed by atoms with van der Waals surface area (Å²) in [6, 6.07) is 14.1. The molecule has 17 heteroatoms. The number of hydrogen-bond donors (Lipinski definition) is 8. The highest BCUT2D eigenvalue weighted by Gasteiger charge is 2.59. The van der Waals surface area contributed by atoms with E-state index in [1.54, 1.807) is 48.6 Å². The van der Waals surface area contributed by atoms with Gasteiger partial charge in [0, 0.05) is 36.4 Å². The molecular formula is C38H36N4O13. The number of aromatic hydroxyl groups is 2. The zero-order valence-electron chi connectivity index (χ0n) is 28.8. The van der Waals surface area contributed by atoms with Crippen LogP contribution in [0.5, 0.6) is 34.5 Å². The molecule has 0 aromatic heterocycles. The molecule has 8 N–H and O–H groups in total. The molecule has 55 heavy (non-hydrogen) atoms. The number of aliphatic hydroxyl groups is 4. The molecule has 0 aliphatic carbocycles. The lowest BCUT2D eigenvalue weighted by Gasteiger charge is -2.46. The molecule has 0 bridgehead atoms. The van der Waals surface area contributed by atoms with Crippen molar-refractivity contribution in [3.8, 4) is 34.5 Å². The van der Waals surface area contributed by atoms with Crippen LogP contribution in [0.4, 0.5) is 0 Å². The van der Waals surface area contributed by atoms with E-state index in [2.05, 4.69) is 15.0 Å². The van der Waals surface area contributed by atoms with Gasteiger partial charge in [0.15, 0.2) is 17.6 Å². The summed E-state index contributed by atoms with van der Waals surface area (Å²) in [4.78, 5) is 24.3. The fraction of sp³-hybridized carbons (Fsp3) is 0.289. The number of phenols is 2.